The van der Waals surface area contributed by atoms with Crippen molar-refractivity contribution in [1.82, 2.24) is 4.90 Å². The lowest BCUT2D eigenvalue weighted by atomic mass is 9.88. The van der Waals surface area contributed by atoms with Crippen LogP contribution in [0.4, 0.5) is 0 Å². The minimum atomic E-state index is -2.74. The van der Waals surface area contributed by atoms with Crippen LogP contribution in [0.25, 0.3) is 11.1 Å². The van der Waals surface area contributed by atoms with Gasteiger partial charge in [-0.2, -0.15) is 0 Å². The molecule has 0 aliphatic heterocycles. The molecule has 0 fully saturated rings. The van der Waals surface area contributed by atoms with Gasteiger partial charge in [0.1, 0.15) is 12.4 Å². The summed E-state index contributed by atoms with van der Waals surface area (Å²) in [5.41, 5.74) is 3.63. The number of likely N-dealkylation sites (N-methyl/N-ethyl adjacent to an activating group) is 1. The fourth-order valence-corrected chi connectivity index (χ4v) is 4.06. The van der Waals surface area contributed by atoms with E-state index in [2.05, 4.69) is 111 Å². The van der Waals surface area contributed by atoms with E-state index in [0.29, 0.717) is 6.61 Å². The zero-order valence-electron chi connectivity index (χ0n) is 23.5. The van der Waals surface area contributed by atoms with Crippen LogP contribution in [0.15, 0.2) is 84.9 Å². The quantitative estimate of drug-likeness (QED) is 0.217. The van der Waals surface area contributed by atoms with Gasteiger partial charge in [-0.3, -0.25) is 9.59 Å². The van der Waals surface area contributed by atoms with Gasteiger partial charge in [-0.1, -0.05) is 79.7 Å². The van der Waals surface area contributed by atoms with Crippen LogP contribution in [-0.4, -0.2) is 76.1 Å². The van der Waals surface area contributed by atoms with Crippen LogP contribution >= 0.6 is 0 Å². The molecule has 3 aromatic carbocycles. The van der Waals surface area contributed by atoms with Crippen LogP contribution in [0.3, 0.4) is 0 Å². The van der Waals surface area contributed by atoms with Crippen molar-refractivity contribution in [3.05, 3.63) is 102 Å². The molecule has 0 radical (unpaired) electrons. The van der Waals surface area contributed by atoms with Gasteiger partial charge in [0, 0.05) is 6.54 Å². The number of hydrogen-bond acceptors (Lipinski definition) is 6. The molecule has 9 heteroatoms. The van der Waals surface area contributed by atoms with Crippen molar-refractivity contribution < 1.29 is 39.5 Å². The molecule has 0 aliphatic rings. The predicted octanol–water partition coefficient (Wildman–Crippen LogP) is 4.75. The summed E-state index contributed by atoms with van der Waals surface area (Å²) in [5.74, 6) is -4.11. The molecule has 4 N–H and O–H groups in total. The average molecular weight is 564 g/mol. The van der Waals surface area contributed by atoms with Gasteiger partial charge < -0.3 is 30.1 Å². The van der Waals surface area contributed by atoms with Gasteiger partial charge >= 0.3 is 17.9 Å². The third-order valence-electron chi connectivity index (χ3n) is 6.08. The Balaban J connectivity index is 0.000000383. The third-order valence-corrected chi connectivity index (χ3v) is 6.08. The highest BCUT2D eigenvalue weighted by Gasteiger charge is 2.40. The number of ether oxygens (including phenoxy) is 1. The van der Waals surface area contributed by atoms with Crippen molar-refractivity contribution in [1.29, 1.82) is 0 Å². The number of hydrogen-bond donors (Lipinski definition) is 4. The number of aliphatic carboxylic acids is 3. The first kappa shape index (κ1) is 32.7. The predicted molar refractivity (Wildman–Crippen MR) is 157 cm³/mol. The molecule has 0 atom stereocenters. The minimum absolute atomic E-state index is 0.692. The minimum Gasteiger partial charge on any atom is -0.492 e. The van der Waals surface area contributed by atoms with Crippen molar-refractivity contribution >= 4 is 29.1 Å². The maximum Gasteiger partial charge on any atom is 0.336 e. The molecule has 0 spiro atoms. The number of benzene rings is 3. The molecule has 0 heterocycles. The fraction of sp³-hybridized carbons (Fsp3) is 0.281. The Morgan fingerprint density at radius 2 is 1.20 bits per heavy atom. The van der Waals surface area contributed by atoms with E-state index in [1.54, 1.807) is 0 Å². The maximum atomic E-state index is 10.3. The second-order valence-electron chi connectivity index (χ2n) is 9.59. The number of allylic oxidation sites excluding steroid dienone is 1. The van der Waals surface area contributed by atoms with Gasteiger partial charge in [0.15, 0.2) is 5.60 Å². The van der Waals surface area contributed by atoms with Crippen LogP contribution < -0.4 is 4.74 Å². The first-order valence-corrected chi connectivity index (χ1v) is 13.1. The molecule has 0 unspecified atom stereocenters. The molecule has 3 aromatic rings. The summed E-state index contributed by atoms with van der Waals surface area (Å²) in [4.78, 5) is 32.6. The van der Waals surface area contributed by atoms with Crippen LogP contribution in [0.2, 0.25) is 0 Å². The average Bonchev–Trinajstić information content (AvgIpc) is 2.92. The van der Waals surface area contributed by atoms with Gasteiger partial charge in [0.05, 0.1) is 12.8 Å². The fourth-order valence-electron chi connectivity index (χ4n) is 4.06. The lowest BCUT2D eigenvalue weighted by Gasteiger charge is -2.18. The first-order chi connectivity index (χ1) is 19.5. The molecule has 3 rings (SSSR count). The van der Waals surface area contributed by atoms with Crippen molar-refractivity contribution in [3.8, 4) is 5.75 Å². The van der Waals surface area contributed by atoms with Gasteiger partial charge in [-0.05, 0) is 60.5 Å². The number of carbonyl (C=O) groups is 3. The molecule has 0 saturated heterocycles. The molecular weight excluding hydrogens is 526 g/mol. The van der Waals surface area contributed by atoms with E-state index >= 15 is 0 Å². The Hall–Kier alpha value is -4.47. The molecule has 0 aliphatic carbocycles. The van der Waals surface area contributed by atoms with E-state index in [1.807, 2.05) is 0 Å². The van der Waals surface area contributed by atoms with E-state index in [1.165, 1.54) is 27.8 Å². The lowest BCUT2D eigenvalue weighted by Crippen LogP contribution is -2.42. The summed E-state index contributed by atoms with van der Waals surface area (Å²) in [7, 11) is 4.11. The summed E-state index contributed by atoms with van der Waals surface area (Å²) in [6.45, 7) is 3.83. The number of rotatable bonds is 13. The number of carboxylic acids is 3. The van der Waals surface area contributed by atoms with Gasteiger partial charge in [-0.25, -0.2) is 4.79 Å². The normalized spacial score (nSPS) is 11.6. The van der Waals surface area contributed by atoms with E-state index < -0.39 is 36.4 Å². The van der Waals surface area contributed by atoms with Crippen LogP contribution in [0, 0.1) is 0 Å². The highest BCUT2D eigenvalue weighted by atomic mass is 16.5. The van der Waals surface area contributed by atoms with Crippen molar-refractivity contribution in [2.24, 2.45) is 0 Å². The highest BCUT2D eigenvalue weighted by Crippen LogP contribution is 2.34. The molecule has 0 aromatic heterocycles. The highest BCUT2D eigenvalue weighted by molar-refractivity contribution is 5.98. The summed E-state index contributed by atoms with van der Waals surface area (Å²) in [6, 6.07) is 29.8. The molecular formula is C32H37NO8. The Labute approximate surface area is 240 Å². The number of aliphatic hydroxyl groups is 1. The van der Waals surface area contributed by atoms with Crippen molar-refractivity contribution in [2.45, 2.75) is 31.8 Å². The summed E-state index contributed by atoms with van der Waals surface area (Å²) < 4.78 is 5.87. The SMILES string of the molecule is CC/C(=C(/c1ccccc1)c1ccc(OCCN(C)C)cc1)c1ccccc1.O=C(O)CC(O)(CC(=O)O)C(=O)O. The molecule has 0 amide bonds. The zero-order valence-corrected chi connectivity index (χ0v) is 23.5. The maximum absolute atomic E-state index is 10.3. The summed E-state index contributed by atoms with van der Waals surface area (Å²) in [5, 5.41) is 33.8. The second kappa shape index (κ2) is 16.0. The van der Waals surface area contributed by atoms with E-state index in [0.717, 1.165) is 18.7 Å². The standard InChI is InChI=1S/C26H29NO.C6H8O7/c1-4-25(21-11-7-5-8-12-21)26(22-13-9-6-10-14-22)23-15-17-24(18-16-23)28-20-19-27(2)3;7-3(8)1-6(13,5(11)12)2-4(9)10/h5-18H,4,19-20H2,1-3H3;13H,1-2H2,(H,7,8)(H,9,10)(H,11,12)/b26-25+;. The smallest absolute Gasteiger partial charge is 0.336 e. The Morgan fingerprint density at radius 1 is 0.732 bits per heavy atom. The molecule has 9 nitrogen and oxygen atoms in total. The van der Waals surface area contributed by atoms with E-state index in [4.69, 9.17) is 25.2 Å². The van der Waals surface area contributed by atoms with Crippen LogP contribution in [0.5, 0.6) is 5.75 Å². The van der Waals surface area contributed by atoms with Gasteiger partial charge in [-0.15, -0.1) is 0 Å². The van der Waals surface area contributed by atoms with Crippen molar-refractivity contribution in [3.63, 3.8) is 0 Å². The summed E-state index contributed by atoms with van der Waals surface area (Å²) in [6.07, 6.45) is -1.32. The molecule has 0 saturated carbocycles. The zero-order chi connectivity index (χ0) is 30.4. The molecule has 41 heavy (non-hydrogen) atoms. The van der Waals surface area contributed by atoms with E-state index in [9.17, 15) is 14.4 Å². The van der Waals surface area contributed by atoms with E-state index in [-0.39, 0.29) is 0 Å². The van der Waals surface area contributed by atoms with Crippen LogP contribution in [0.1, 0.15) is 42.9 Å². The second-order valence-corrected chi connectivity index (χ2v) is 9.59. The summed E-state index contributed by atoms with van der Waals surface area (Å²) >= 11 is 0. The Bertz CT molecular complexity index is 1290. The number of nitrogens with zero attached hydrogens (tertiary/aromatic N) is 1. The van der Waals surface area contributed by atoms with Crippen molar-refractivity contribution in [2.75, 3.05) is 27.2 Å². The Kier molecular flexibility index (Phi) is 12.7. The first-order valence-electron chi connectivity index (χ1n) is 13.1. The monoisotopic (exact) mass is 563 g/mol. The third kappa shape index (κ3) is 10.6. The molecule has 0 bridgehead atoms. The topological polar surface area (TPSA) is 145 Å². The molecule has 218 valence electrons. The van der Waals surface area contributed by atoms with Gasteiger partial charge in [0.2, 0.25) is 0 Å². The largest absolute Gasteiger partial charge is 0.492 e. The van der Waals surface area contributed by atoms with Crippen LogP contribution in [-0.2, 0) is 14.4 Å². The Morgan fingerprint density at radius 3 is 1.61 bits per heavy atom. The number of carboxylic acid groups (broad SMARTS) is 3. The lowest BCUT2D eigenvalue weighted by molar-refractivity contribution is -0.170. The van der Waals surface area contributed by atoms with Gasteiger partial charge in [0.25, 0.3) is 0 Å².